The SMILES string of the molecule is CC(C)(C)OC(=O)C[C@@H](CC1CCCC1)C(=O)N1N=CCC1C(=O)Nc1ccccc1. The molecule has 1 aliphatic carbocycles. The topological polar surface area (TPSA) is 88.1 Å². The molecule has 31 heavy (non-hydrogen) atoms. The molecule has 1 aliphatic heterocycles. The van der Waals surface area contributed by atoms with Gasteiger partial charge in [0.2, 0.25) is 11.8 Å². The maximum absolute atomic E-state index is 13.4. The first-order valence-corrected chi connectivity index (χ1v) is 11.2. The summed E-state index contributed by atoms with van der Waals surface area (Å²) in [6, 6.07) is 8.42. The largest absolute Gasteiger partial charge is 0.460 e. The van der Waals surface area contributed by atoms with Crippen molar-refractivity contribution in [3.05, 3.63) is 30.3 Å². The van der Waals surface area contributed by atoms with Crippen molar-refractivity contribution in [1.82, 2.24) is 5.01 Å². The van der Waals surface area contributed by atoms with Crippen molar-refractivity contribution in [3.8, 4) is 0 Å². The highest BCUT2D eigenvalue weighted by Crippen LogP contribution is 2.33. The number of ether oxygens (including phenoxy) is 1. The molecule has 0 spiro atoms. The number of hydrogen-bond donors (Lipinski definition) is 1. The van der Waals surface area contributed by atoms with Crippen LogP contribution < -0.4 is 5.32 Å². The zero-order valence-electron chi connectivity index (χ0n) is 18.7. The summed E-state index contributed by atoms with van der Waals surface area (Å²) in [5, 5.41) is 8.32. The van der Waals surface area contributed by atoms with Crippen LogP contribution in [0.1, 0.15) is 65.7 Å². The Balaban J connectivity index is 1.70. The fraction of sp³-hybridized carbons (Fsp3) is 0.583. The van der Waals surface area contributed by atoms with E-state index in [0.717, 1.165) is 25.7 Å². The van der Waals surface area contributed by atoms with Gasteiger partial charge in [0.25, 0.3) is 0 Å². The van der Waals surface area contributed by atoms with Crippen LogP contribution in [-0.2, 0) is 19.1 Å². The molecule has 1 aromatic rings. The molecular formula is C24H33N3O4. The number of carbonyl (C=O) groups is 3. The lowest BCUT2D eigenvalue weighted by Crippen LogP contribution is -2.45. The van der Waals surface area contributed by atoms with E-state index in [0.29, 0.717) is 24.4 Å². The van der Waals surface area contributed by atoms with Gasteiger partial charge in [-0.25, -0.2) is 5.01 Å². The number of hydrazone groups is 1. The highest BCUT2D eigenvalue weighted by molar-refractivity contribution is 6.00. The quantitative estimate of drug-likeness (QED) is 0.663. The van der Waals surface area contributed by atoms with Gasteiger partial charge >= 0.3 is 5.97 Å². The maximum Gasteiger partial charge on any atom is 0.307 e. The van der Waals surface area contributed by atoms with Gasteiger partial charge < -0.3 is 10.1 Å². The average Bonchev–Trinajstić information content (AvgIpc) is 3.38. The number of benzene rings is 1. The number of nitrogens with zero attached hydrogens (tertiary/aromatic N) is 2. The predicted octanol–water partition coefficient (Wildman–Crippen LogP) is 4.14. The van der Waals surface area contributed by atoms with Crippen molar-refractivity contribution in [2.45, 2.75) is 77.4 Å². The first kappa shape index (κ1) is 23.0. The van der Waals surface area contributed by atoms with Crippen LogP contribution in [0.4, 0.5) is 5.69 Å². The number of carbonyl (C=O) groups excluding carboxylic acids is 3. The van der Waals surface area contributed by atoms with Crippen LogP contribution in [0.25, 0.3) is 0 Å². The van der Waals surface area contributed by atoms with E-state index in [-0.39, 0.29) is 18.2 Å². The summed E-state index contributed by atoms with van der Waals surface area (Å²) in [7, 11) is 0. The van der Waals surface area contributed by atoms with Crippen LogP contribution in [0.2, 0.25) is 0 Å². The van der Waals surface area contributed by atoms with Crippen molar-refractivity contribution in [1.29, 1.82) is 0 Å². The van der Waals surface area contributed by atoms with Crippen LogP contribution in [0.5, 0.6) is 0 Å². The summed E-state index contributed by atoms with van der Waals surface area (Å²) in [4.78, 5) is 38.8. The molecule has 1 saturated carbocycles. The molecule has 1 heterocycles. The Morgan fingerprint density at radius 1 is 1.16 bits per heavy atom. The van der Waals surface area contributed by atoms with Crippen LogP contribution in [0, 0.1) is 11.8 Å². The Bertz CT molecular complexity index is 810. The first-order chi connectivity index (χ1) is 14.7. The molecule has 0 aromatic heterocycles. The fourth-order valence-corrected chi connectivity index (χ4v) is 4.28. The summed E-state index contributed by atoms with van der Waals surface area (Å²) >= 11 is 0. The van der Waals surface area contributed by atoms with Crippen molar-refractivity contribution in [2.24, 2.45) is 16.9 Å². The lowest BCUT2D eigenvalue weighted by atomic mass is 9.89. The highest BCUT2D eigenvalue weighted by Gasteiger charge is 2.38. The molecule has 1 aromatic carbocycles. The van der Waals surface area contributed by atoms with Gasteiger partial charge in [-0.1, -0.05) is 43.9 Å². The average molecular weight is 428 g/mol. The molecule has 168 valence electrons. The molecule has 1 fully saturated rings. The number of esters is 1. The van der Waals surface area contributed by atoms with E-state index in [1.165, 1.54) is 5.01 Å². The molecule has 0 bridgehead atoms. The third kappa shape index (κ3) is 6.64. The Kier molecular flexibility index (Phi) is 7.46. The molecule has 0 saturated heterocycles. The highest BCUT2D eigenvalue weighted by atomic mass is 16.6. The smallest absolute Gasteiger partial charge is 0.307 e. The standard InChI is InChI=1S/C24H33N3O4/c1-24(2,3)31-21(28)16-18(15-17-9-7-8-10-17)23(30)27-20(13-14-25-27)22(29)26-19-11-5-4-6-12-19/h4-6,11-12,14,17-18,20H,7-10,13,15-16H2,1-3H3,(H,26,29)/t18-,20?/m1/s1. The van der Waals surface area contributed by atoms with E-state index < -0.39 is 23.5 Å². The van der Waals surface area contributed by atoms with Gasteiger partial charge in [-0.3, -0.25) is 14.4 Å². The Labute approximate surface area is 184 Å². The summed E-state index contributed by atoms with van der Waals surface area (Å²) < 4.78 is 5.47. The number of hydrogen-bond acceptors (Lipinski definition) is 5. The van der Waals surface area contributed by atoms with E-state index in [1.807, 2.05) is 39.0 Å². The molecule has 7 nitrogen and oxygen atoms in total. The number of amides is 2. The Hall–Kier alpha value is -2.70. The van der Waals surface area contributed by atoms with E-state index >= 15 is 0 Å². The zero-order chi connectivity index (χ0) is 22.4. The minimum Gasteiger partial charge on any atom is -0.460 e. The summed E-state index contributed by atoms with van der Waals surface area (Å²) in [5.74, 6) is -1.08. The van der Waals surface area contributed by atoms with E-state index in [9.17, 15) is 14.4 Å². The minimum absolute atomic E-state index is 0.00560. The summed E-state index contributed by atoms with van der Waals surface area (Å²) in [6.45, 7) is 5.44. The second-order valence-corrected chi connectivity index (χ2v) is 9.46. The van der Waals surface area contributed by atoms with Crippen LogP contribution in [-0.4, -0.2) is 40.7 Å². The lowest BCUT2D eigenvalue weighted by molar-refractivity contribution is -0.159. The first-order valence-electron chi connectivity index (χ1n) is 11.2. The second-order valence-electron chi connectivity index (χ2n) is 9.46. The van der Waals surface area contributed by atoms with E-state index in [4.69, 9.17) is 4.74 Å². The zero-order valence-corrected chi connectivity index (χ0v) is 18.7. The number of nitrogens with one attached hydrogen (secondary N) is 1. The normalized spacial score (nSPS) is 20.0. The maximum atomic E-state index is 13.4. The van der Waals surface area contributed by atoms with Gasteiger partial charge in [-0.05, 0) is 45.2 Å². The van der Waals surface area contributed by atoms with Gasteiger partial charge in [0, 0.05) is 18.3 Å². The molecule has 2 aliphatic rings. The molecule has 3 rings (SSSR count). The van der Waals surface area contributed by atoms with Crippen LogP contribution in [0.3, 0.4) is 0 Å². The Morgan fingerprint density at radius 2 is 1.84 bits per heavy atom. The molecular weight excluding hydrogens is 394 g/mol. The molecule has 1 N–H and O–H groups in total. The van der Waals surface area contributed by atoms with Crippen molar-refractivity contribution < 1.29 is 19.1 Å². The van der Waals surface area contributed by atoms with Gasteiger partial charge in [0.05, 0.1) is 12.3 Å². The fourth-order valence-electron chi connectivity index (χ4n) is 4.28. The van der Waals surface area contributed by atoms with Gasteiger partial charge in [-0.2, -0.15) is 5.10 Å². The predicted molar refractivity (Wildman–Crippen MR) is 119 cm³/mol. The van der Waals surface area contributed by atoms with Crippen LogP contribution >= 0.6 is 0 Å². The molecule has 2 amide bonds. The van der Waals surface area contributed by atoms with Crippen LogP contribution in [0.15, 0.2) is 35.4 Å². The van der Waals surface area contributed by atoms with Crippen molar-refractivity contribution in [2.75, 3.05) is 5.32 Å². The third-order valence-electron chi connectivity index (χ3n) is 5.67. The van der Waals surface area contributed by atoms with Crippen molar-refractivity contribution in [3.63, 3.8) is 0 Å². The van der Waals surface area contributed by atoms with E-state index in [2.05, 4.69) is 10.4 Å². The van der Waals surface area contributed by atoms with Gasteiger partial charge in [-0.15, -0.1) is 0 Å². The van der Waals surface area contributed by atoms with Gasteiger partial charge in [0.1, 0.15) is 11.6 Å². The number of rotatable bonds is 7. The number of para-hydroxylation sites is 1. The molecule has 0 radical (unpaired) electrons. The third-order valence-corrected chi connectivity index (χ3v) is 5.67. The monoisotopic (exact) mass is 427 g/mol. The van der Waals surface area contributed by atoms with Crippen molar-refractivity contribution >= 4 is 29.7 Å². The van der Waals surface area contributed by atoms with E-state index in [1.54, 1.807) is 18.3 Å². The summed E-state index contributed by atoms with van der Waals surface area (Å²) in [5.41, 5.74) is 0.0603. The molecule has 1 unspecified atom stereocenters. The lowest BCUT2D eigenvalue weighted by Gasteiger charge is -2.28. The summed E-state index contributed by atoms with van der Waals surface area (Å²) in [6.07, 6.45) is 7.02. The van der Waals surface area contributed by atoms with Gasteiger partial charge in [0.15, 0.2) is 0 Å². The Morgan fingerprint density at radius 3 is 2.48 bits per heavy atom. The minimum atomic E-state index is -0.711. The molecule has 7 heteroatoms. The molecule has 2 atom stereocenters. The number of anilines is 1. The second kappa shape index (κ2) is 10.1.